The number of aliphatic hydroxyl groups excluding tert-OH is 1. The van der Waals surface area contributed by atoms with Gasteiger partial charge in [-0.15, -0.1) is 0 Å². The molecule has 0 spiro atoms. The Labute approximate surface area is 198 Å². The Morgan fingerprint density at radius 2 is 1.85 bits per heavy atom. The Morgan fingerprint density at radius 3 is 2.39 bits per heavy atom. The Morgan fingerprint density at radius 1 is 1.18 bits per heavy atom. The van der Waals surface area contributed by atoms with Gasteiger partial charge in [-0.3, -0.25) is 19.2 Å². The minimum Gasteiger partial charge on any atom is -0.392 e. The predicted molar refractivity (Wildman–Crippen MR) is 124 cm³/mol. The number of benzene rings is 1. The summed E-state index contributed by atoms with van der Waals surface area (Å²) in [5.41, 5.74) is 6.28. The molecule has 0 bridgehead atoms. The van der Waals surface area contributed by atoms with Crippen molar-refractivity contribution in [1.82, 2.24) is 16.0 Å². The molecule has 0 aliphatic carbocycles. The number of aliphatic hydroxyl groups is 1. The van der Waals surface area contributed by atoms with Crippen molar-refractivity contribution in [3.05, 3.63) is 34.9 Å². The van der Waals surface area contributed by atoms with Gasteiger partial charge >= 0.3 is 0 Å². The third kappa shape index (κ3) is 9.01. The van der Waals surface area contributed by atoms with Gasteiger partial charge in [-0.05, 0) is 49.3 Å². The molecule has 1 aliphatic rings. The molecule has 1 heterocycles. The van der Waals surface area contributed by atoms with Crippen LogP contribution < -0.4 is 21.7 Å². The first-order valence-electron chi connectivity index (χ1n) is 11.1. The minimum absolute atomic E-state index is 0.0766. The average Bonchev–Trinajstić information content (AvgIpc) is 3.12. The maximum absolute atomic E-state index is 12.9. The number of hydrogen-bond donors (Lipinski definition) is 5. The molecule has 1 aliphatic heterocycles. The van der Waals surface area contributed by atoms with Gasteiger partial charge < -0.3 is 26.8 Å². The van der Waals surface area contributed by atoms with Gasteiger partial charge in [0.2, 0.25) is 23.6 Å². The molecule has 9 nitrogen and oxygen atoms in total. The Hall–Kier alpha value is -2.65. The second-order valence-electron chi connectivity index (χ2n) is 8.91. The minimum atomic E-state index is -1.02. The number of carbonyl (C=O) groups excluding carboxylic acids is 4. The summed E-state index contributed by atoms with van der Waals surface area (Å²) in [4.78, 5) is 49.1. The van der Waals surface area contributed by atoms with Crippen LogP contribution in [0.5, 0.6) is 0 Å². The Balaban J connectivity index is 1.95. The third-order valence-electron chi connectivity index (χ3n) is 5.51. The van der Waals surface area contributed by atoms with Crippen molar-refractivity contribution in [2.24, 2.45) is 17.6 Å². The molecule has 1 unspecified atom stereocenters. The summed E-state index contributed by atoms with van der Waals surface area (Å²) in [5.74, 6) is -2.26. The predicted octanol–water partition coefficient (Wildman–Crippen LogP) is 0.661. The van der Waals surface area contributed by atoms with Crippen LogP contribution in [0, 0.1) is 11.8 Å². The SMILES string of the molecule is CC(C)C[C@H](NC(=O)CC(O)Cc1ccc(Cl)cc1)C(=O)N[C@@H](C[C@@H]1CCNC1=O)C(N)=O. The largest absolute Gasteiger partial charge is 0.392 e. The van der Waals surface area contributed by atoms with Crippen LogP contribution in [0.4, 0.5) is 0 Å². The van der Waals surface area contributed by atoms with Gasteiger partial charge in [0.15, 0.2) is 0 Å². The molecule has 4 atom stereocenters. The first kappa shape index (κ1) is 26.6. The maximum Gasteiger partial charge on any atom is 0.243 e. The van der Waals surface area contributed by atoms with E-state index in [1.165, 1.54) is 0 Å². The first-order valence-corrected chi connectivity index (χ1v) is 11.5. The van der Waals surface area contributed by atoms with Gasteiger partial charge in [-0.2, -0.15) is 0 Å². The van der Waals surface area contributed by atoms with Crippen molar-refractivity contribution in [2.75, 3.05) is 6.54 Å². The summed E-state index contributed by atoms with van der Waals surface area (Å²) >= 11 is 5.86. The van der Waals surface area contributed by atoms with Gasteiger partial charge in [0.1, 0.15) is 12.1 Å². The molecule has 0 aromatic heterocycles. The molecular formula is C23H33ClN4O5. The van der Waals surface area contributed by atoms with E-state index in [1.54, 1.807) is 24.3 Å². The quantitative estimate of drug-likeness (QED) is 0.298. The van der Waals surface area contributed by atoms with E-state index >= 15 is 0 Å². The number of halogens is 1. The van der Waals surface area contributed by atoms with E-state index in [-0.39, 0.29) is 31.1 Å². The van der Waals surface area contributed by atoms with Gasteiger partial charge in [0.25, 0.3) is 0 Å². The van der Waals surface area contributed by atoms with E-state index in [9.17, 15) is 24.3 Å². The third-order valence-corrected chi connectivity index (χ3v) is 5.76. The number of carbonyl (C=O) groups is 4. The normalized spacial score (nSPS) is 18.3. The van der Waals surface area contributed by atoms with Crippen LogP contribution in [0.2, 0.25) is 5.02 Å². The monoisotopic (exact) mass is 480 g/mol. The van der Waals surface area contributed by atoms with Crippen LogP contribution in [0.15, 0.2) is 24.3 Å². The van der Waals surface area contributed by atoms with Crippen LogP contribution in [-0.4, -0.2) is 53.5 Å². The molecule has 1 aromatic rings. The summed E-state index contributed by atoms with van der Waals surface area (Å²) < 4.78 is 0. The van der Waals surface area contributed by atoms with Crippen molar-refractivity contribution in [2.45, 2.75) is 64.1 Å². The molecular weight excluding hydrogens is 448 g/mol. The smallest absolute Gasteiger partial charge is 0.243 e. The molecule has 6 N–H and O–H groups in total. The molecule has 1 saturated heterocycles. The zero-order valence-corrected chi connectivity index (χ0v) is 19.7. The van der Waals surface area contributed by atoms with Crippen molar-refractivity contribution < 1.29 is 24.3 Å². The fourth-order valence-corrected chi connectivity index (χ4v) is 3.93. The summed E-state index contributed by atoms with van der Waals surface area (Å²) in [6.45, 7) is 4.32. The highest BCUT2D eigenvalue weighted by molar-refractivity contribution is 6.30. The first-order chi connectivity index (χ1) is 15.5. The molecule has 4 amide bonds. The molecule has 182 valence electrons. The molecule has 1 fully saturated rings. The summed E-state index contributed by atoms with van der Waals surface area (Å²) in [6.07, 6.45) is 0.143. The second kappa shape index (κ2) is 12.6. The number of primary amides is 1. The van der Waals surface area contributed by atoms with E-state index in [4.69, 9.17) is 17.3 Å². The summed E-state index contributed by atoms with van der Waals surface area (Å²) in [5, 5.41) is 18.8. The topological polar surface area (TPSA) is 151 Å². The second-order valence-corrected chi connectivity index (χ2v) is 9.35. The Kier molecular flexibility index (Phi) is 10.1. The zero-order valence-electron chi connectivity index (χ0n) is 19.0. The fourth-order valence-electron chi connectivity index (χ4n) is 3.81. The van der Waals surface area contributed by atoms with Crippen molar-refractivity contribution >= 4 is 35.2 Å². The van der Waals surface area contributed by atoms with Crippen LogP contribution in [-0.2, 0) is 25.6 Å². The number of nitrogens with two attached hydrogens (primary N) is 1. The van der Waals surface area contributed by atoms with Crippen LogP contribution in [0.3, 0.4) is 0 Å². The van der Waals surface area contributed by atoms with Crippen LogP contribution in [0.1, 0.15) is 45.1 Å². The van der Waals surface area contributed by atoms with Gasteiger partial charge in [0, 0.05) is 17.5 Å². The van der Waals surface area contributed by atoms with Gasteiger partial charge in [0.05, 0.1) is 12.5 Å². The highest BCUT2D eigenvalue weighted by Gasteiger charge is 2.32. The Bertz CT molecular complexity index is 846. The molecule has 2 rings (SSSR count). The lowest BCUT2D eigenvalue weighted by Gasteiger charge is -2.24. The molecule has 0 radical (unpaired) electrons. The van der Waals surface area contributed by atoms with E-state index in [2.05, 4.69) is 16.0 Å². The van der Waals surface area contributed by atoms with Gasteiger partial charge in [-0.25, -0.2) is 0 Å². The number of rotatable bonds is 12. The zero-order chi connectivity index (χ0) is 24.5. The molecule has 33 heavy (non-hydrogen) atoms. The van der Waals surface area contributed by atoms with E-state index in [0.29, 0.717) is 24.4 Å². The average molecular weight is 481 g/mol. The van der Waals surface area contributed by atoms with Gasteiger partial charge in [-0.1, -0.05) is 37.6 Å². The lowest BCUT2D eigenvalue weighted by molar-refractivity contribution is -0.132. The number of hydrogen-bond acceptors (Lipinski definition) is 5. The summed E-state index contributed by atoms with van der Waals surface area (Å²) in [7, 11) is 0. The van der Waals surface area contributed by atoms with Crippen LogP contribution >= 0.6 is 11.6 Å². The fraction of sp³-hybridized carbons (Fsp3) is 0.565. The van der Waals surface area contributed by atoms with E-state index in [0.717, 1.165) is 5.56 Å². The van der Waals surface area contributed by atoms with Crippen molar-refractivity contribution in [3.8, 4) is 0 Å². The molecule has 10 heteroatoms. The van der Waals surface area contributed by atoms with Crippen LogP contribution in [0.25, 0.3) is 0 Å². The number of nitrogens with one attached hydrogen (secondary N) is 3. The lowest BCUT2D eigenvalue weighted by atomic mass is 9.97. The highest BCUT2D eigenvalue weighted by Crippen LogP contribution is 2.17. The highest BCUT2D eigenvalue weighted by atomic mass is 35.5. The lowest BCUT2D eigenvalue weighted by Crippen LogP contribution is -2.54. The number of amides is 4. The van der Waals surface area contributed by atoms with Crippen molar-refractivity contribution in [3.63, 3.8) is 0 Å². The molecule has 0 saturated carbocycles. The van der Waals surface area contributed by atoms with Crippen molar-refractivity contribution in [1.29, 1.82) is 0 Å². The van der Waals surface area contributed by atoms with E-state index in [1.807, 2.05) is 13.8 Å². The molecule has 1 aromatic carbocycles. The standard InChI is InChI=1S/C23H33ClN4O5/c1-13(2)9-19(23(33)28-18(21(25)31)11-15-7-8-26-22(15)32)27-20(30)12-17(29)10-14-3-5-16(24)6-4-14/h3-6,13,15,17-19,29H,7-12H2,1-2H3,(H2,25,31)(H,26,32)(H,27,30)(H,28,33)/t15-,17?,18-,19-/m0/s1. The maximum atomic E-state index is 12.9. The summed E-state index contributed by atoms with van der Waals surface area (Å²) in [6, 6.07) is 5.03. The van der Waals surface area contributed by atoms with E-state index < -0.39 is 41.8 Å².